The van der Waals surface area contributed by atoms with Crippen LogP contribution in [0.25, 0.3) is 0 Å². The van der Waals surface area contributed by atoms with Crippen LogP contribution in [0.5, 0.6) is 0 Å². The van der Waals surface area contributed by atoms with E-state index in [0.717, 1.165) is 39.0 Å². The van der Waals surface area contributed by atoms with Crippen molar-refractivity contribution in [3.63, 3.8) is 0 Å². The average molecular weight is 383 g/mol. The Bertz CT molecular complexity index is 518. The third-order valence-corrected chi connectivity index (χ3v) is 4.78. The Balaban J connectivity index is 1.58. The Hall–Kier alpha value is -1.83. The first kappa shape index (κ1) is 21.5. The molecule has 0 bridgehead atoms. The van der Waals surface area contributed by atoms with Gasteiger partial charge in [0.15, 0.2) is 0 Å². The summed E-state index contributed by atoms with van der Waals surface area (Å²) in [6, 6.07) is 0. The maximum atomic E-state index is 12.3. The van der Waals surface area contributed by atoms with Gasteiger partial charge in [-0.15, -0.1) is 0 Å². The molecule has 0 aromatic heterocycles. The summed E-state index contributed by atoms with van der Waals surface area (Å²) in [7, 11) is 0. The number of carbonyl (C=O) groups excluding carboxylic acids is 3. The van der Waals surface area contributed by atoms with Gasteiger partial charge in [-0.2, -0.15) is 0 Å². The summed E-state index contributed by atoms with van der Waals surface area (Å²) in [5.74, 6) is 0.312. The zero-order chi connectivity index (χ0) is 19.9. The molecule has 2 heterocycles. The summed E-state index contributed by atoms with van der Waals surface area (Å²) in [4.78, 5) is 42.0. The van der Waals surface area contributed by atoms with Crippen LogP contribution in [-0.4, -0.2) is 90.6 Å². The second kappa shape index (κ2) is 9.92. The van der Waals surface area contributed by atoms with Crippen molar-refractivity contribution in [2.24, 2.45) is 0 Å². The molecule has 2 aliphatic heterocycles. The van der Waals surface area contributed by atoms with E-state index in [2.05, 4.69) is 10.2 Å². The molecule has 8 heteroatoms. The number of piperazine rings is 1. The van der Waals surface area contributed by atoms with E-state index in [-0.39, 0.29) is 11.8 Å². The number of alkyl carbamates (subject to hydrolysis) is 1. The predicted molar refractivity (Wildman–Crippen MR) is 102 cm³/mol. The van der Waals surface area contributed by atoms with E-state index in [0.29, 0.717) is 39.0 Å². The van der Waals surface area contributed by atoms with Gasteiger partial charge in [0, 0.05) is 52.2 Å². The van der Waals surface area contributed by atoms with Gasteiger partial charge in [-0.3, -0.25) is 14.5 Å². The number of amides is 3. The van der Waals surface area contributed by atoms with Crippen LogP contribution in [0, 0.1) is 0 Å². The van der Waals surface area contributed by atoms with E-state index < -0.39 is 11.7 Å². The molecule has 0 atom stereocenters. The lowest BCUT2D eigenvalue weighted by Gasteiger charge is -2.35. The highest BCUT2D eigenvalue weighted by atomic mass is 16.6. The maximum Gasteiger partial charge on any atom is 0.407 e. The minimum absolute atomic E-state index is 0.103. The van der Waals surface area contributed by atoms with Crippen LogP contribution in [0.4, 0.5) is 4.79 Å². The van der Waals surface area contributed by atoms with Crippen molar-refractivity contribution in [1.82, 2.24) is 20.0 Å². The fraction of sp³-hybridized carbons (Fsp3) is 0.842. The molecule has 2 fully saturated rings. The molecule has 0 saturated carbocycles. The molecular formula is C19H34N4O4. The largest absolute Gasteiger partial charge is 0.444 e. The van der Waals surface area contributed by atoms with Crippen LogP contribution < -0.4 is 5.32 Å². The third-order valence-electron chi connectivity index (χ3n) is 4.78. The molecule has 0 aromatic rings. The molecule has 154 valence electrons. The molecule has 2 saturated heterocycles. The van der Waals surface area contributed by atoms with Crippen LogP contribution in [0.15, 0.2) is 0 Å². The first-order chi connectivity index (χ1) is 12.7. The fourth-order valence-corrected chi connectivity index (χ4v) is 3.32. The van der Waals surface area contributed by atoms with Gasteiger partial charge in [-0.05, 0) is 40.0 Å². The van der Waals surface area contributed by atoms with E-state index in [1.54, 1.807) is 0 Å². The molecular weight excluding hydrogens is 348 g/mol. The SMILES string of the molecule is CC(C)(C)OC(=O)NCCCC(=O)N1CCN(CC(=O)N2CCCC2)CC1. The molecule has 1 N–H and O–H groups in total. The molecule has 0 aromatic carbocycles. The topological polar surface area (TPSA) is 82.2 Å². The second-order valence-corrected chi connectivity index (χ2v) is 8.28. The summed E-state index contributed by atoms with van der Waals surface area (Å²) < 4.78 is 5.16. The van der Waals surface area contributed by atoms with E-state index in [9.17, 15) is 14.4 Å². The number of hydrogen-bond acceptors (Lipinski definition) is 5. The molecule has 8 nitrogen and oxygen atoms in total. The maximum absolute atomic E-state index is 12.3. The monoisotopic (exact) mass is 382 g/mol. The minimum Gasteiger partial charge on any atom is -0.444 e. The number of carbonyl (C=O) groups is 3. The van der Waals surface area contributed by atoms with E-state index in [1.807, 2.05) is 30.6 Å². The Kier molecular flexibility index (Phi) is 7.89. The molecule has 27 heavy (non-hydrogen) atoms. The van der Waals surface area contributed by atoms with Gasteiger partial charge in [0.05, 0.1) is 6.54 Å². The van der Waals surface area contributed by atoms with E-state index in [4.69, 9.17) is 4.74 Å². The van der Waals surface area contributed by atoms with Crippen LogP contribution in [0.2, 0.25) is 0 Å². The average Bonchev–Trinajstić information content (AvgIpc) is 3.12. The van der Waals surface area contributed by atoms with Crippen molar-refractivity contribution in [2.75, 3.05) is 52.4 Å². The highest BCUT2D eigenvalue weighted by molar-refractivity contribution is 5.79. The summed E-state index contributed by atoms with van der Waals surface area (Å²) in [5, 5.41) is 2.67. The van der Waals surface area contributed by atoms with Crippen molar-refractivity contribution >= 4 is 17.9 Å². The molecule has 2 rings (SSSR count). The second-order valence-electron chi connectivity index (χ2n) is 8.28. The van der Waals surface area contributed by atoms with Gasteiger partial charge in [-0.25, -0.2) is 4.79 Å². The van der Waals surface area contributed by atoms with Crippen molar-refractivity contribution < 1.29 is 19.1 Å². The van der Waals surface area contributed by atoms with Crippen LogP contribution >= 0.6 is 0 Å². The normalized spacial score (nSPS) is 18.5. The number of nitrogens with one attached hydrogen (secondary N) is 1. The summed E-state index contributed by atoms with van der Waals surface area (Å²) in [6.07, 6.45) is 2.76. The molecule has 0 spiro atoms. The number of hydrogen-bond donors (Lipinski definition) is 1. The lowest BCUT2D eigenvalue weighted by molar-refractivity contribution is -0.134. The van der Waals surface area contributed by atoms with Crippen LogP contribution in [0.3, 0.4) is 0 Å². The van der Waals surface area contributed by atoms with Gasteiger partial charge in [-0.1, -0.05) is 0 Å². The zero-order valence-electron chi connectivity index (χ0n) is 17.0. The Morgan fingerprint density at radius 3 is 2.07 bits per heavy atom. The molecule has 0 radical (unpaired) electrons. The third kappa shape index (κ3) is 7.74. The number of likely N-dealkylation sites (tertiary alicyclic amines) is 1. The van der Waals surface area contributed by atoms with Gasteiger partial charge in [0.2, 0.25) is 11.8 Å². The lowest BCUT2D eigenvalue weighted by Crippen LogP contribution is -2.51. The van der Waals surface area contributed by atoms with Gasteiger partial charge >= 0.3 is 6.09 Å². The summed E-state index contributed by atoms with van der Waals surface area (Å²) in [5.41, 5.74) is -0.518. The number of nitrogens with zero attached hydrogens (tertiary/aromatic N) is 3. The van der Waals surface area contributed by atoms with Crippen LogP contribution in [0.1, 0.15) is 46.5 Å². The molecule has 2 aliphatic rings. The molecule has 0 aliphatic carbocycles. The molecule has 0 unspecified atom stereocenters. The Morgan fingerprint density at radius 2 is 1.48 bits per heavy atom. The van der Waals surface area contributed by atoms with E-state index in [1.165, 1.54) is 0 Å². The Labute approximate surface area is 162 Å². The highest BCUT2D eigenvalue weighted by Gasteiger charge is 2.25. The number of rotatable bonds is 6. The number of ether oxygens (including phenoxy) is 1. The van der Waals surface area contributed by atoms with Crippen molar-refractivity contribution in [3.8, 4) is 0 Å². The zero-order valence-corrected chi connectivity index (χ0v) is 17.0. The van der Waals surface area contributed by atoms with Gasteiger partial charge < -0.3 is 19.9 Å². The molecule has 3 amide bonds. The first-order valence-electron chi connectivity index (χ1n) is 9.99. The summed E-state index contributed by atoms with van der Waals surface area (Å²) >= 11 is 0. The fourth-order valence-electron chi connectivity index (χ4n) is 3.32. The smallest absolute Gasteiger partial charge is 0.407 e. The van der Waals surface area contributed by atoms with Gasteiger partial charge in [0.25, 0.3) is 0 Å². The van der Waals surface area contributed by atoms with Crippen molar-refractivity contribution in [1.29, 1.82) is 0 Å². The lowest BCUT2D eigenvalue weighted by atomic mass is 10.2. The van der Waals surface area contributed by atoms with Gasteiger partial charge in [0.1, 0.15) is 5.60 Å². The van der Waals surface area contributed by atoms with E-state index >= 15 is 0 Å². The highest BCUT2D eigenvalue weighted by Crippen LogP contribution is 2.10. The quantitative estimate of drug-likeness (QED) is 0.695. The van der Waals surface area contributed by atoms with Crippen molar-refractivity contribution in [3.05, 3.63) is 0 Å². The standard InChI is InChI=1S/C19H34N4O4/c1-19(2,3)27-18(26)20-8-6-7-16(24)23-13-11-21(12-14-23)15-17(25)22-9-4-5-10-22/h4-15H2,1-3H3,(H,20,26). The summed E-state index contributed by atoms with van der Waals surface area (Å²) in [6.45, 7) is 10.9. The Morgan fingerprint density at radius 1 is 0.889 bits per heavy atom. The van der Waals surface area contributed by atoms with Crippen LogP contribution in [-0.2, 0) is 14.3 Å². The predicted octanol–water partition coefficient (Wildman–Crippen LogP) is 1.06. The minimum atomic E-state index is -0.518. The van der Waals surface area contributed by atoms with Crippen molar-refractivity contribution in [2.45, 2.75) is 52.1 Å². The first-order valence-corrected chi connectivity index (χ1v) is 9.99.